The average molecular weight is 247 g/mol. The van der Waals surface area contributed by atoms with Crippen molar-refractivity contribution in [1.82, 2.24) is 10.5 Å². The maximum absolute atomic E-state index is 10.7. The van der Waals surface area contributed by atoms with E-state index in [9.17, 15) is 8.42 Å². The normalized spacial score (nSPS) is 14.0. The first-order valence-electron chi connectivity index (χ1n) is 4.98. The van der Waals surface area contributed by atoms with Gasteiger partial charge >= 0.3 is 0 Å². The van der Waals surface area contributed by atoms with Gasteiger partial charge in [0, 0.05) is 18.2 Å². The summed E-state index contributed by atoms with van der Waals surface area (Å²) in [4.78, 5) is 0. The summed E-state index contributed by atoms with van der Waals surface area (Å²) >= 11 is 0. The molecule has 1 atom stereocenters. The lowest BCUT2D eigenvalue weighted by molar-refractivity contribution is 0.390. The van der Waals surface area contributed by atoms with Gasteiger partial charge in [-0.25, -0.2) is 13.6 Å². The molecule has 0 aromatic carbocycles. The highest BCUT2D eigenvalue weighted by molar-refractivity contribution is 7.89. The van der Waals surface area contributed by atoms with Gasteiger partial charge in [0.1, 0.15) is 5.76 Å². The molecule has 1 aromatic heterocycles. The number of aryl methyl sites for hydroxylation is 2. The fourth-order valence-electron chi connectivity index (χ4n) is 1.63. The van der Waals surface area contributed by atoms with Gasteiger partial charge in [-0.05, 0) is 20.8 Å². The van der Waals surface area contributed by atoms with Crippen molar-refractivity contribution in [3.8, 4) is 0 Å². The number of aromatic nitrogens is 1. The van der Waals surface area contributed by atoms with Gasteiger partial charge in [-0.3, -0.25) is 0 Å². The van der Waals surface area contributed by atoms with Crippen LogP contribution in [0.3, 0.4) is 0 Å². The summed E-state index contributed by atoms with van der Waals surface area (Å²) in [6.07, 6.45) is 0. The van der Waals surface area contributed by atoms with Crippen LogP contribution in [-0.2, 0) is 10.0 Å². The van der Waals surface area contributed by atoms with Gasteiger partial charge in [0.05, 0.1) is 11.4 Å². The van der Waals surface area contributed by atoms with E-state index in [1.807, 2.05) is 20.8 Å². The lowest BCUT2D eigenvalue weighted by Gasteiger charge is -2.12. The topological polar surface area (TPSA) is 98.2 Å². The van der Waals surface area contributed by atoms with Crippen LogP contribution in [0.4, 0.5) is 0 Å². The molecule has 0 fully saturated rings. The van der Waals surface area contributed by atoms with Crippen LogP contribution in [0.1, 0.15) is 30.0 Å². The van der Waals surface area contributed by atoms with E-state index in [4.69, 9.17) is 9.66 Å². The second-order valence-electron chi connectivity index (χ2n) is 3.78. The van der Waals surface area contributed by atoms with Gasteiger partial charge in [0.25, 0.3) is 0 Å². The van der Waals surface area contributed by atoms with Crippen LogP contribution in [-0.4, -0.2) is 25.9 Å². The number of hydrogen-bond acceptors (Lipinski definition) is 5. The molecule has 1 aromatic rings. The molecule has 0 aliphatic heterocycles. The third-order valence-corrected chi connectivity index (χ3v) is 3.13. The fraction of sp³-hybridized carbons (Fsp3) is 0.667. The van der Waals surface area contributed by atoms with Gasteiger partial charge in [-0.15, -0.1) is 0 Å². The minimum absolute atomic E-state index is 0.00648. The SMILES string of the molecule is Cc1noc(C)c1C(C)NCCS(N)(=O)=O. The van der Waals surface area contributed by atoms with Gasteiger partial charge < -0.3 is 9.84 Å². The zero-order valence-corrected chi connectivity index (χ0v) is 10.5. The fourth-order valence-corrected chi connectivity index (χ4v) is 2.03. The van der Waals surface area contributed by atoms with Crippen molar-refractivity contribution < 1.29 is 12.9 Å². The molecule has 0 spiro atoms. The van der Waals surface area contributed by atoms with E-state index >= 15 is 0 Å². The molecular formula is C9H17N3O3S. The summed E-state index contributed by atoms with van der Waals surface area (Å²) in [7, 11) is -3.41. The van der Waals surface area contributed by atoms with Gasteiger partial charge in [0.15, 0.2) is 0 Å². The van der Waals surface area contributed by atoms with Crippen LogP contribution in [0.5, 0.6) is 0 Å². The smallest absolute Gasteiger partial charge is 0.210 e. The molecule has 3 N–H and O–H groups in total. The van der Waals surface area contributed by atoms with Gasteiger partial charge in [-0.2, -0.15) is 0 Å². The molecule has 6 nitrogen and oxygen atoms in total. The molecule has 0 aliphatic carbocycles. The molecule has 16 heavy (non-hydrogen) atoms. The van der Waals surface area contributed by atoms with E-state index in [0.717, 1.165) is 17.0 Å². The van der Waals surface area contributed by atoms with Crippen molar-refractivity contribution in [1.29, 1.82) is 0 Å². The zero-order chi connectivity index (χ0) is 12.3. The maximum Gasteiger partial charge on any atom is 0.210 e. The second kappa shape index (κ2) is 4.94. The Balaban J connectivity index is 2.57. The highest BCUT2D eigenvalue weighted by atomic mass is 32.2. The first kappa shape index (κ1) is 13.1. The highest BCUT2D eigenvalue weighted by Gasteiger charge is 2.16. The van der Waals surface area contributed by atoms with E-state index in [2.05, 4.69) is 10.5 Å². The molecule has 92 valence electrons. The Morgan fingerprint density at radius 1 is 1.50 bits per heavy atom. The molecule has 1 heterocycles. The second-order valence-corrected chi connectivity index (χ2v) is 5.51. The maximum atomic E-state index is 10.7. The minimum atomic E-state index is -3.41. The molecule has 7 heteroatoms. The Hall–Kier alpha value is -0.920. The van der Waals surface area contributed by atoms with E-state index in [-0.39, 0.29) is 11.8 Å². The molecule has 0 aliphatic rings. The Labute approximate surface area is 95.2 Å². The van der Waals surface area contributed by atoms with Crippen molar-refractivity contribution in [2.75, 3.05) is 12.3 Å². The molecule has 0 saturated heterocycles. The molecular weight excluding hydrogens is 230 g/mol. The molecule has 1 unspecified atom stereocenters. The monoisotopic (exact) mass is 247 g/mol. The van der Waals surface area contributed by atoms with Crippen molar-refractivity contribution in [3.05, 3.63) is 17.0 Å². The Morgan fingerprint density at radius 3 is 2.56 bits per heavy atom. The summed E-state index contributed by atoms with van der Waals surface area (Å²) in [5.74, 6) is 0.661. The summed E-state index contributed by atoms with van der Waals surface area (Å²) in [6, 6.07) is -0.00648. The van der Waals surface area contributed by atoms with Crippen LogP contribution >= 0.6 is 0 Å². The van der Waals surface area contributed by atoms with E-state index in [1.54, 1.807) is 0 Å². The van der Waals surface area contributed by atoms with Crippen LogP contribution in [0.25, 0.3) is 0 Å². The van der Waals surface area contributed by atoms with Crippen LogP contribution in [0, 0.1) is 13.8 Å². The third kappa shape index (κ3) is 3.58. The van der Waals surface area contributed by atoms with Crippen molar-refractivity contribution in [2.24, 2.45) is 5.14 Å². The first-order chi connectivity index (χ1) is 7.31. The number of hydrogen-bond donors (Lipinski definition) is 2. The largest absolute Gasteiger partial charge is 0.361 e. The average Bonchev–Trinajstić information content (AvgIpc) is 2.43. The van der Waals surface area contributed by atoms with Crippen LogP contribution < -0.4 is 10.5 Å². The van der Waals surface area contributed by atoms with Crippen molar-refractivity contribution >= 4 is 10.0 Å². The molecule has 0 saturated carbocycles. The Bertz CT molecular complexity index is 433. The lowest BCUT2D eigenvalue weighted by atomic mass is 10.1. The van der Waals surface area contributed by atoms with E-state index in [1.165, 1.54) is 0 Å². The van der Waals surface area contributed by atoms with Crippen LogP contribution in [0.15, 0.2) is 4.52 Å². The summed E-state index contributed by atoms with van der Waals surface area (Å²) < 4.78 is 26.5. The Morgan fingerprint density at radius 2 is 2.12 bits per heavy atom. The van der Waals surface area contributed by atoms with Crippen LogP contribution in [0.2, 0.25) is 0 Å². The van der Waals surface area contributed by atoms with Gasteiger partial charge in [0.2, 0.25) is 10.0 Å². The number of nitrogens with one attached hydrogen (secondary N) is 1. The molecule has 0 bridgehead atoms. The summed E-state index contributed by atoms with van der Waals surface area (Å²) in [5, 5.41) is 11.8. The number of primary sulfonamides is 1. The third-order valence-electron chi connectivity index (χ3n) is 2.36. The molecule has 0 amide bonds. The number of rotatable bonds is 5. The summed E-state index contributed by atoms with van der Waals surface area (Å²) in [5.41, 5.74) is 1.78. The molecule has 0 radical (unpaired) electrons. The quantitative estimate of drug-likeness (QED) is 0.776. The molecule has 1 rings (SSSR count). The minimum Gasteiger partial charge on any atom is -0.361 e. The number of nitrogens with two attached hydrogens (primary N) is 1. The standard InChI is InChI=1S/C9H17N3O3S/c1-6(11-4-5-16(10,13)14)9-7(2)12-15-8(9)3/h6,11H,4-5H2,1-3H3,(H2,10,13,14). The first-order valence-corrected chi connectivity index (χ1v) is 6.69. The zero-order valence-electron chi connectivity index (χ0n) is 9.65. The van der Waals surface area contributed by atoms with Crippen molar-refractivity contribution in [3.63, 3.8) is 0 Å². The van der Waals surface area contributed by atoms with E-state index < -0.39 is 10.0 Å². The van der Waals surface area contributed by atoms with E-state index in [0.29, 0.717) is 6.54 Å². The predicted molar refractivity (Wildman–Crippen MR) is 60.4 cm³/mol. The number of nitrogens with zero attached hydrogens (tertiary/aromatic N) is 1. The Kier molecular flexibility index (Phi) is 4.06. The number of sulfonamides is 1. The summed E-state index contributed by atoms with van der Waals surface area (Å²) in [6.45, 7) is 5.91. The predicted octanol–water partition coefficient (Wildman–Crippen LogP) is 0.231. The van der Waals surface area contributed by atoms with Crippen molar-refractivity contribution in [2.45, 2.75) is 26.8 Å². The highest BCUT2D eigenvalue weighted by Crippen LogP contribution is 2.20. The van der Waals surface area contributed by atoms with Gasteiger partial charge in [-0.1, -0.05) is 5.16 Å². The lowest BCUT2D eigenvalue weighted by Crippen LogP contribution is -2.29.